The summed E-state index contributed by atoms with van der Waals surface area (Å²) in [5, 5.41) is 0. The average Bonchev–Trinajstić information content (AvgIpc) is 2.79. The lowest BCUT2D eigenvalue weighted by Gasteiger charge is -2.50. The van der Waals surface area contributed by atoms with Gasteiger partial charge in [0.15, 0.2) is 0 Å². The molecule has 0 amide bonds. The molecule has 0 unspecified atom stereocenters. The Kier molecular flexibility index (Phi) is 3.11. The van der Waals surface area contributed by atoms with Gasteiger partial charge in [-0.2, -0.15) is 0 Å². The molecule has 100 valence electrons. The topological polar surface area (TPSA) is 6.48 Å². The molecule has 2 heteroatoms. The second-order valence-electron chi connectivity index (χ2n) is 8.32. The first kappa shape index (κ1) is 13.4. The lowest BCUT2D eigenvalue weighted by molar-refractivity contribution is -0.0133. The lowest BCUT2D eigenvalue weighted by atomic mass is 9.93. The third-order valence-electron chi connectivity index (χ3n) is 4.07. The second kappa shape index (κ2) is 3.96. The summed E-state index contributed by atoms with van der Waals surface area (Å²) in [5.41, 5.74) is 1.30. The fraction of sp³-hybridized carbons (Fsp3) is 1.00. The minimum absolute atomic E-state index is 0.338. The van der Waals surface area contributed by atoms with Crippen molar-refractivity contribution in [3.05, 3.63) is 0 Å². The zero-order valence-corrected chi connectivity index (χ0v) is 12.6. The van der Waals surface area contributed by atoms with Crippen LogP contribution in [0.2, 0.25) is 0 Å². The van der Waals surface area contributed by atoms with E-state index < -0.39 is 0 Å². The van der Waals surface area contributed by atoms with Crippen LogP contribution < -0.4 is 0 Å². The number of hydrogen-bond donors (Lipinski definition) is 0. The van der Waals surface area contributed by atoms with E-state index in [1.807, 2.05) is 0 Å². The van der Waals surface area contributed by atoms with Crippen molar-refractivity contribution in [2.45, 2.75) is 65.5 Å². The molecule has 0 radical (unpaired) electrons. The predicted molar refractivity (Wildman–Crippen MR) is 74.3 cm³/mol. The van der Waals surface area contributed by atoms with Gasteiger partial charge in [0.05, 0.1) is 0 Å². The van der Waals surface area contributed by atoms with Gasteiger partial charge < -0.3 is 0 Å². The number of hydrogen-bond acceptors (Lipinski definition) is 2. The fourth-order valence-corrected chi connectivity index (χ4v) is 3.48. The van der Waals surface area contributed by atoms with E-state index in [0.29, 0.717) is 16.5 Å². The van der Waals surface area contributed by atoms with Crippen LogP contribution in [0.3, 0.4) is 0 Å². The molecule has 1 saturated heterocycles. The van der Waals surface area contributed by atoms with Crippen molar-refractivity contribution in [1.29, 1.82) is 0 Å². The summed E-state index contributed by atoms with van der Waals surface area (Å²) < 4.78 is 0. The summed E-state index contributed by atoms with van der Waals surface area (Å²) in [6.07, 6.45) is 2.82. The maximum absolute atomic E-state index is 2.76. The summed E-state index contributed by atoms with van der Waals surface area (Å²) >= 11 is 0. The van der Waals surface area contributed by atoms with Crippen molar-refractivity contribution >= 4 is 0 Å². The Morgan fingerprint density at radius 2 is 1.53 bits per heavy atom. The van der Waals surface area contributed by atoms with Crippen molar-refractivity contribution in [3.63, 3.8) is 0 Å². The van der Waals surface area contributed by atoms with Crippen molar-refractivity contribution < 1.29 is 0 Å². The highest BCUT2D eigenvalue weighted by atomic mass is 15.4. The SMILES string of the molecule is CC(C)(C)CN1CCN(C(C)(C)C)C2(CC2)C1. The summed E-state index contributed by atoms with van der Waals surface area (Å²) in [6.45, 7) is 19.2. The molecule has 1 heterocycles. The highest BCUT2D eigenvalue weighted by molar-refractivity contribution is 5.11. The van der Waals surface area contributed by atoms with E-state index in [9.17, 15) is 0 Å². The van der Waals surface area contributed by atoms with Gasteiger partial charge >= 0.3 is 0 Å². The third-order valence-corrected chi connectivity index (χ3v) is 4.07. The highest BCUT2D eigenvalue weighted by Gasteiger charge is 2.54. The van der Waals surface area contributed by atoms with Crippen LogP contribution in [0.25, 0.3) is 0 Å². The number of piperazine rings is 1. The van der Waals surface area contributed by atoms with Crippen LogP contribution in [0, 0.1) is 5.41 Å². The molecule has 0 aromatic heterocycles. The van der Waals surface area contributed by atoms with E-state index in [4.69, 9.17) is 0 Å². The van der Waals surface area contributed by atoms with Gasteiger partial charge in [-0.25, -0.2) is 0 Å². The Hall–Kier alpha value is -0.0800. The zero-order valence-electron chi connectivity index (χ0n) is 12.6. The smallest absolute Gasteiger partial charge is 0.0343 e. The van der Waals surface area contributed by atoms with Gasteiger partial charge in [0.1, 0.15) is 0 Å². The molecule has 2 aliphatic rings. The van der Waals surface area contributed by atoms with E-state index in [1.54, 1.807) is 0 Å². The van der Waals surface area contributed by atoms with E-state index in [0.717, 1.165) is 0 Å². The van der Waals surface area contributed by atoms with Gasteiger partial charge in [-0.05, 0) is 39.0 Å². The van der Waals surface area contributed by atoms with Gasteiger partial charge in [0.25, 0.3) is 0 Å². The number of nitrogens with zero attached hydrogens (tertiary/aromatic N) is 2. The molecule has 1 spiro atoms. The van der Waals surface area contributed by atoms with Gasteiger partial charge in [-0.15, -0.1) is 0 Å². The third kappa shape index (κ3) is 3.03. The maximum Gasteiger partial charge on any atom is 0.0343 e. The van der Waals surface area contributed by atoms with Crippen LogP contribution >= 0.6 is 0 Å². The molecule has 1 saturated carbocycles. The van der Waals surface area contributed by atoms with E-state index in [1.165, 1.54) is 39.0 Å². The first-order valence-corrected chi connectivity index (χ1v) is 7.13. The highest BCUT2D eigenvalue weighted by Crippen LogP contribution is 2.47. The molecule has 2 nitrogen and oxygen atoms in total. The summed E-state index contributed by atoms with van der Waals surface area (Å²) in [7, 11) is 0. The van der Waals surface area contributed by atoms with Crippen LogP contribution in [0.4, 0.5) is 0 Å². The molecular weight excluding hydrogens is 208 g/mol. The standard InChI is InChI=1S/C15H30N2/c1-13(2,3)11-16-9-10-17(14(4,5)6)15(12-16)7-8-15/h7-12H2,1-6H3. The Labute approximate surface area is 107 Å². The predicted octanol–water partition coefficient (Wildman–Crippen LogP) is 2.98. The first-order valence-electron chi connectivity index (χ1n) is 7.13. The summed E-state index contributed by atoms with van der Waals surface area (Å²) in [4.78, 5) is 5.45. The number of rotatable bonds is 1. The Bertz CT molecular complexity index is 278. The van der Waals surface area contributed by atoms with Crippen molar-refractivity contribution in [2.24, 2.45) is 5.41 Å². The van der Waals surface area contributed by atoms with Crippen LogP contribution in [0.15, 0.2) is 0 Å². The van der Waals surface area contributed by atoms with Crippen molar-refractivity contribution in [1.82, 2.24) is 9.80 Å². The molecule has 0 bridgehead atoms. The first-order chi connectivity index (χ1) is 7.62. The minimum Gasteiger partial charge on any atom is -0.300 e. The monoisotopic (exact) mass is 238 g/mol. The quantitative estimate of drug-likeness (QED) is 0.693. The Balaban J connectivity index is 2.01. The van der Waals surface area contributed by atoms with Gasteiger partial charge in [0, 0.05) is 37.3 Å². The molecule has 2 rings (SSSR count). The normalized spacial score (nSPS) is 26.5. The average molecular weight is 238 g/mol. The van der Waals surface area contributed by atoms with Gasteiger partial charge in [0.2, 0.25) is 0 Å². The zero-order chi connectivity index (χ0) is 12.9. The second-order valence-corrected chi connectivity index (χ2v) is 8.32. The van der Waals surface area contributed by atoms with Crippen LogP contribution in [0.1, 0.15) is 54.4 Å². The van der Waals surface area contributed by atoms with E-state index in [-0.39, 0.29) is 0 Å². The van der Waals surface area contributed by atoms with Crippen molar-refractivity contribution in [3.8, 4) is 0 Å². The largest absolute Gasteiger partial charge is 0.300 e. The fourth-order valence-electron chi connectivity index (χ4n) is 3.48. The van der Waals surface area contributed by atoms with E-state index >= 15 is 0 Å². The molecule has 2 fully saturated rings. The van der Waals surface area contributed by atoms with Gasteiger partial charge in [-0.1, -0.05) is 20.8 Å². The van der Waals surface area contributed by atoms with Crippen LogP contribution in [-0.2, 0) is 0 Å². The maximum atomic E-state index is 2.76. The molecule has 0 N–H and O–H groups in total. The lowest BCUT2D eigenvalue weighted by Crippen LogP contribution is -2.61. The molecule has 17 heavy (non-hydrogen) atoms. The van der Waals surface area contributed by atoms with Gasteiger partial charge in [-0.3, -0.25) is 9.80 Å². The van der Waals surface area contributed by atoms with Crippen LogP contribution in [-0.4, -0.2) is 47.1 Å². The minimum atomic E-state index is 0.338. The summed E-state index contributed by atoms with van der Waals surface area (Å²) in [6, 6.07) is 0. The van der Waals surface area contributed by atoms with E-state index in [2.05, 4.69) is 51.3 Å². The molecular formula is C15H30N2. The molecule has 0 aromatic carbocycles. The summed E-state index contributed by atoms with van der Waals surface area (Å²) in [5.74, 6) is 0. The molecule has 1 aliphatic heterocycles. The molecule has 1 aliphatic carbocycles. The van der Waals surface area contributed by atoms with Crippen LogP contribution in [0.5, 0.6) is 0 Å². The molecule has 0 aromatic rings. The Morgan fingerprint density at radius 1 is 0.941 bits per heavy atom. The van der Waals surface area contributed by atoms with Crippen molar-refractivity contribution in [2.75, 3.05) is 26.2 Å². The Morgan fingerprint density at radius 3 is 1.94 bits per heavy atom. The molecule has 0 atom stereocenters.